The van der Waals surface area contributed by atoms with Gasteiger partial charge in [0.1, 0.15) is 5.69 Å². The Balaban J connectivity index is 1.44. The first kappa shape index (κ1) is 20.6. The summed E-state index contributed by atoms with van der Waals surface area (Å²) in [5.41, 5.74) is 3.04. The molecule has 8 heteroatoms. The number of carbonyl (C=O) groups is 1. The molecule has 2 aromatic carbocycles. The van der Waals surface area contributed by atoms with Crippen molar-refractivity contribution in [1.29, 1.82) is 0 Å². The van der Waals surface area contributed by atoms with Crippen LogP contribution in [0.2, 0.25) is 0 Å². The summed E-state index contributed by atoms with van der Waals surface area (Å²) in [6.07, 6.45) is 4.25. The molecule has 0 aliphatic carbocycles. The van der Waals surface area contributed by atoms with E-state index < -0.39 is 0 Å². The molecule has 0 unspecified atom stereocenters. The maximum atomic E-state index is 12.9. The molecule has 0 bridgehead atoms. The molecule has 7 nitrogen and oxygen atoms in total. The van der Waals surface area contributed by atoms with Crippen LogP contribution in [-0.2, 0) is 6.54 Å². The first-order valence-electron chi connectivity index (χ1n) is 9.97. The van der Waals surface area contributed by atoms with E-state index in [2.05, 4.69) is 32.0 Å². The Kier molecular flexibility index (Phi) is 6.59. The largest absolute Gasteiger partial charge is 0.321 e. The van der Waals surface area contributed by atoms with Crippen LogP contribution in [0.5, 0.6) is 0 Å². The van der Waals surface area contributed by atoms with Crippen molar-refractivity contribution < 1.29 is 4.79 Å². The molecule has 0 saturated heterocycles. The van der Waals surface area contributed by atoms with Crippen molar-refractivity contribution in [1.82, 2.24) is 19.7 Å². The molecule has 0 aliphatic rings. The third-order valence-corrected chi connectivity index (χ3v) is 5.25. The zero-order valence-corrected chi connectivity index (χ0v) is 17.8. The molecule has 2 N–H and O–H groups in total. The fourth-order valence-corrected chi connectivity index (χ4v) is 3.58. The molecule has 156 valence electrons. The molecule has 0 fully saturated rings. The van der Waals surface area contributed by atoms with Crippen molar-refractivity contribution in [2.75, 3.05) is 10.0 Å². The highest BCUT2D eigenvalue weighted by Crippen LogP contribution is 2.23. The summed E-state index contributed by atoms with van der Waals surface area (Å²) >= 11 is 1.41. The Hall–Kier alpha value is -3.65. The number of nitrogens with zero attached hydrogens (tertiary/aromatic N) is 4. The molecular formula is C23H22N6OS. The molecule has 31 heavy (non-hydrogen) atoms. The van der Waals surface area contributed by atoms with Gasteiger partial charge in [-0.2, -0.15) is 5.10 Å². The number of anilines is 2. The van der Waals surface area contributed by atoms with E-state index in [4.69, 9.17) is 0 Å². The molecule has 4 aromatic rings. The lowest BCUT2D eigenvalue weighted by Crippen LogP contribution is -2.17. The molecule has 0 spiro atoms. The number of rotatable bonds is 8. The summed E-state index contributed by atoms with van der Waals surface area (Å²) in [7, 11) is 0. The third kappa shape index (κ3) is 5.29. The van der Waals surface area contributed by atoms with Gasteiger partial charge in [-0.25, -0.2) is 9.97 Å². The topological polar surface area (TPSA) is 84.7 Å². The number of carbonyl (C=O) groups excluding carboxylic acids is 1. The minimum absolute atomic E-state index is 0.181. The monoisotopic (exact) mass is 430 g/mol. The second kappa shape index (κ2) is 9.90. The minimum atomic E-state index is -0.181. The van der Waals surface area contributed by atoms with Gasteiger partial charge in [-0.15, -0.1) is 0 Å². The first-order valence-corrected chi connectivity index (χ1v) is 10.8. The standard InChI is InChI=1S/C23H22N6OS/c1-2-15-29-21(16-20(27-29)17-7-4-3-5-8-17)22(30)26-18-9-11-19(12-10-18)31-28-23-24-13-6-14-25-23/h3-14,16H,2,15H2,1H3,(H,26,30)(H,24,25,28). The van der Waals surface area contributed by atoms with E-state index in [0.29, 0.717) is 18.2 Å². The Morgan fingerprint density at radius 3 is 2.45 bits per heavy atom. The van der Waals surface area contributed by atoms with Crippen LogP contribution in [0, 0.1) is 0 Å². The lowest BCUT2D eigenvalue weighted by molar-refractivity contribution is 0.101. The summed E-state index contributed by atoms with van der Waals surface area (Å²) in [6.45, 7) is 2.74. The molecule has 1 amide bonds. The minimum Gasteiger partial charge on any atom is -0.321 e. The van der Waals surface area contributed by atoms with Gasteiger partial charge in [0.2, 0.25) is 5.95 Å². The Morgan fingerprint density at radius 1 is 1.00 bits per heavy atom. The first-order chi connectivity index (χ1) is 15.2. The highest BCUT2D eigenvalue weighted by atomic mass is 32.2. The van der Waals surface area contributed by atoms with Crippen LogP contribution in [0.1, 0.15) is 23.8 Å². The van der Waals surface area contributed by atoms with Gasteiger partial charge in [-0.1, -0.05) is 37.3 Å². The van der Waals surface area contributed by atoms with Crippen LogP contribution in [0.4, 0.5) is 11.6 Å². The molecule has 0 radical (unpaired) electrons. The van der Waals surface area contributed by atoms with Crippen LogP contribution < -0.4 is 10.0 Å². The van der Waals surface area contributed by atoms with Crippen LogP contribution >= 0.6 is 11.9 Å². The fourth-order valence-electron chi connectivity index (χ4n) is 2.99. The molecule has 4 rings (SSSR count). The van der Waals surface area contributed by atoms with Gasteiger partial charge >= 0.3 is 0 Å². The van der Waals surface area contributed by atoms with Gasteiger partial charge in [0.15, 0.2) is 0 Å². The van der Waals surface area contributed by atoms with Crippen LogP contribution in [-0.4, -0.2) is 25.7 Å². The van der Waals surface area contributed by atoms with Crippen molar-refractivity contribution in [3.8, 4) is 11.3 Å². The number of benzene rings is 2. The number of hydrogen-bond donors (Lipinski definition) is 2. The second-order valence-corrected chi connectivity index (χ2v) is 7.64. The number of hydrogen-bond acceptors (Lipinski definition) is 6. The molecule has 0 atom stereocenters. The van der Waals surface area contributed by atoms with E-state index in [1.54, 1.807) is 23.1 Å². The summed E-state index contributed by atoms with van der Waals surface area (Å²) in [5.74, 6) is 0.364. The molecule has 2 heterocycles. The van der Waals surface area contributed by atoms with Crippen molar-refractivity contribution in [2.24, 2.45) is 0 Å². The van der Waals surface area contributed by atoms with Crippen molar-refractivity contribution >= 4 is 29.5 Å². The lowest BCUT2D eigenvalue weighted by Gasteiger charge is -2.08. The molecular weight excluding hydrogens is 408 g/mol. The Bertz CT molecular complexity index is 1130. The van der Waals surface area contributed by atoms with Crippen LogP contribution in [0.3, 0.4) is 0 Å². The van der Waals surface area contributed by atoms with Crippen molar-refractivity contribution in [2.45, 2.75) is 24.8 Å². The molecule has 2 aromatic heterocycles. The van der Waals surface area contributed by atoms with E-state index in [-0.39, 0.29) is 5.91 Å². The van der Waals surface area contributed by atoms with Gasteiger partial charge in [0.05, 0.1) is 5.69 Å². The molecule has 0 aliphatic heterocycles. The zero-order valence-electron chi connectivity index (χ0n) is 17.0. The summed E-state index contributed by atoms with van der Waals surface area (Å²) in [6, 6.07) is 21.1. The van der Waals surface area contributed by atoms with E-state index in [0.717, 1.165) is 28.3 Å². The highest BCUT2D eigenvalue weighted by molar-refractivity contribution is 8.00. The summed E-state index contributed by atoms with van der Waals surface area (Å²) in [5, 5.41) is 7.60. The Labute approximate surface area is 185 Å². The summed E-state index contributed by atoms with van der Waals surface area (Å²) in [4.78, 5) is 22.2. The van der Waals surface area contributed by atoms with E-state index in [1.807, 2.05) is 60.7 Å². The second-order valence-electron chi connectivity index (χ2n) is 6.76. The average molecular weight is 431 g/mol. The van der Waals surface area contributed by atoms with Crippen molar-refractivity contribution in [3.63, 3.8) is 0 Å². The van der Waals surface area contributed by atoms with Gasteiger partial charge in [-0.05, 0) is 54.8 Å². The highest BCUT2D eigenvalue weighted by Gasteiger charge is 2.16. The number of nitrogens with one attached hydrogen (secondary N) is 2. The number of amides is 1. The third-order valence-electron chi connectivity index (χ3n) is 4.46. The smallest absolute Gasteiger partial charge is 0.273 e. The Morgan fingerprint density at radius 2 is 1.74 bits per heavy atom. The van der Waals surface area contributed by atoms with Gasteiger partial charge < -0.3 is 5.32 Å². The fraction of sp³-hybridized carbons (Fsp3) is 0.130. The average Bonchev–Trinajstić information content (AvgIpc) is 3.24. The number of aryl methyl sites for hydroxylation is 1. The quantitative estimate of drug-likeness (QED) is 0.377. The van der Waals surface area contributed by atoms with Gasteiger partial charge in [0.25, 0.3) is 5.91 Å². The zero-order chi connectivity index (χ0) is 21.5. The SMILES string of the molecule is CCCn1nc(-c2ccccc2)cc1C(=O)Nc1ccc(SNc2ncccn2)cc1. The maximum absolute atomic E-state index is 12.9. The predicted octanol–water partition coefficient (Wildman–Crippen LogP) is 5.12. The van der Waals surface area contributed by atoms with Crippen LogP contribution in [0.25, 0.3) is 11.3 Å². The van der Waals surface area contributed by atoms with E-state index in [1.165, 1.54) is 11.9 Å². The predicted molar refractivity (Wildman–Crippen MR) is 124 cm³/mol. The number of aromatic nitrogens is 4. The van der Waals surface area contributed by atoms with Crippen molar-refractivity contribution in [3.05, 3.63) is 84.8 Å². The van der Waals surface area contributed by atoms with Crippen LogP contribution in [0.15, 0.2) is 84.0 Å². The van der Waals surface area contributed by atoms with Gasteiger partial charge in [0, 0.05) is 35.1 Å². The maximum Gasteiger partial charge on any atom is 0.273 e. The molecule has 0 saturated carbocycles. The van der Waals surface area contributed by atoms with E-state index >= 15 is 0 Å². The normalized spacial score (nSPS) is 10.6. The lowest BCUT2D eigenvalue weighted by atomic mass is 10.1. The summed E-state index contributed by atoms with van der Waals surface area (Å²) < 4.78 is 4.85. The van der Waals surface area contributed by atoms with E-state index in [9.17, 15) is 4.79 Å². The van der Waals surface area contributed by atoms with Gasteiger partial charge in [-0.3, -0.25) is 14.2 Å².